The van der Waals surface area contributed by atoms with Crippen LogP contribution in [0, 0.1) is 29.0 Å². The van der Waals surface area contributed by atoms with Crippen LogP contribution in [0.2, 0.25) is 0 Å². The standard InChI is InChI=1S/C19H20FN3O2/c1-2-16-11-23(19(24)25-16)15-3-4-18(17(20)7-15)22-9-13-5-12(8-21)6-14(13)10-22/h3-5,7,13-14,16H,2,6,9-11H2,1H3/t13?,14?,16-/m0/s1. The summed E-state index contributed by atoms with van der Waals surface area (Å²) in [5.74, 6) is 0.398. The van der Waals surface area contributed by atoms with E-state index in [9.17, 15) is 9.18 Å². The van der Waals surface area contributed by atoms with Gasteiger partial charge in [-0.25, -0.2) is 9.18 Å². The quantitative estimate of drug-likeness (QED) is 0.845. The molecule has 25 heavy (non-hydrogen) atoms. The zero-order valence-electron chi connectivity index (χ0n) is 14.1. The van der Waals surface area contributed by atoms with Gasteiger partial charge < -0.3 is 9.64 Å². The Balaban J connectivity index is 1.51. The Morgan fingerprint density at radius 1 is 1.36 bits per heavy atom. The number of carbonyl (C=O) groups is 1. The van der Waals surface area contributed by atoms with Crippen molar-refractivity contribution in [3.8, 4) is 6.07 Å². The van der Waals surface area contributed by atoms with Gasteiger partial charge in [0.05, 0.1) is 24.0 Å². The molecular formula is C19H20FN3O2. The molecule has 1 aromatic rings. The van der Waals surface area contributed by atoms with Crippen LogP contribution in [0.25, 0.3) is 0 Å². The summed E-state index contributed by atoms with van der Waals surface area (Å²) in [5, 5.41) is 9.01. The molecule has 4 rings (SSSR count). The van der Waals surface area contributed by atoms with Gasteiger partial charge in [-0.1, -0.05) is 13.0 Å². The first-order valence-electron chi connectivity index (χ1n) is 8.72. The van der Waals surface area contributed by atoms with Gasteiger partial charge in [0.25, 0.3) is 0 Å². The zero-order chi connectivity index (χ0) is 17.6. The van der Waals surface area contributed by atoms with Crippen molar-refractivity contribution in [2.45, 2.75) is 25.9 Å². The van der Waals surface area contributed by atoms with Crippen LogP contribution in [0.3, 0.4) is 0 Å². The molecule has 0 aromatic heterocycles. The number of nitriles is 1. The number of nitrogens with zero attached hydrogens (tertiary/aromatic N) is 3. The highest BCUT2D eigenvalue weighted by atomic mass is 19.1. The number of hydrogen-bond acceptors (Lipinski definition) is 4. The van der Waals surface area contributed by atoms with Gasteiger partial charge in [0.15, 0.2) is 0 Å². The summed E-state index contributed by atoms with van der Waals surface area (Å²) in [5.41, 5.74) is 1.95. The summed E-state index contributed by atoms with van der Waals surface area (Å²) in [6, 6.07) is 7.17. The van der Waals surface area contributed by atoms with Crippen LogP contribution in [0.1, 0.15) is 19.8 Å². The van der Waals surface area contributed by atoms with E-state index in [1.165, 1.54) is 11.0 Å². The lowest BCUT2D eigenvalue weighted by atomic mass is 10.00. The smallest absolute Gasteiger partial charge is 0.414 e. The van der Waals surface area contributed by atoms with Gasteiger partial charge in [-0.2, -0.15) is 5.26 Å². The number of halogens is 1. The molecule has 3 aliphatic rings. The highest BCUT2D eigenvalue weighted by molar-refractivity contribution is 5.90. The van der Waals surface area contributed by atoms with Gasteiger partial charge in [-0.3, -0.25) is 4.90 Å². The van der Waals surface area contributed by atoms with Crippen molar-refractivity contribution in [1.29, 1.82) is 5.26 Å². The second-order valence-corrected chi connectivity index (χ2v) is 7.00. The first-order chi connectivity index (χ1) is 12.1. The fourth-order valence-electron chi connectivity index (χ4n) is 4.05. The Morgan fingerprint density at radius 2 is 2.20 bits per heavy atom. The average molecular weight is 341 g/mol. The molecule has 130 valence electrons. The molecule has 2 fully saturated rings. The molecule has 1 aliphatic carbocycles. The summed E-state index contributed by atoms with van der Waals surface area (Å²) in [7, 11) is 0. The largest absolute Gasteiger partial charge is 0.444 e. The fourth-order valence-corrected chi connectivity index (χ4v) is 4.05. The molecule has 0 N–H and O–H groups in total. The highest BCUT2D eigenvalue weighted by Gasteiger charge is 2.37. The number of hydrogen-bond donors (Lipinski definition) is 0. The van der Waals surface area contributed by atoms with Gasteiger partial charge >= 0.3 is 6.09 Å². The van der Waals surface area contributed by atoms with E-state index in [1.54, 1.807) is 12.1 Å². The predicted molar refractivity (Wildman–Crippen MR) is 91.8 cm³/mol. The van der Waals surface area contributed by atoms with E-state index in [4.69, 9.17) is 10.00 Å². The second kappa shape index (κ2) is 6.07. The number of fused-ring (bicyclic) bond motifs is 1. The first-order valence-corrected chi connectivity index (χ1v) is 8.72. The van der Waals surface area contributed by atoms with Gasteiger partial charge in [-0.05, 0) is 37.0 Å². The summed E-state index contributed by atoms with van der Waals surface area (Å²) in [6.45, 7) is 3.91. The van der Waals surface area contributed by atoms with Crippen LogP contribution >= 0.6 is 0 Å². The normalized spacial score (nSPS) is 28.0. The minimum Gasteiger partial charge on any atom is -0.444 e. The fraction of sp³-hybridized carbons (Fsp3) is 0.474. The molecule has 2 saturated heterocycles. The Labute approximate surface area is 146 Å². The monoisotopic (exact) mass is 341 g/mol. The van der Waals surface area contributed by atoms with Crippen LogP contribution in [0.5, 0.6) is 0 Å². The number of cyclic esters (lactones) is 1. The van der Waals surface area contributed by atoms with Crippen LogP contribution < -0.4 is 9.80 Å². The maximum atomic E-state index is 14.7. The molecule has 0 radical (unpaired) electrons. The van der Waals surface area contributed by atoms with E-state index in [2.05, 4.69) is 6.07 Å². The number of anilines is 2. The topological polar surface area (TPSA) is 56.6 Å². The number of carbonyl (C=O) groups excluding carboxylic acids is 1. The van der Waals surface area contributed by atoms with E-state index >= 15 is 0 Å². The predicted octanol–water partition coefficient (Wildman–Crippen LogP) is 3.47. The van der Waals surface area contributed by atoms with Gasteiger partial charge in [0.2, 0.25) is 0 Å². The zero-order valence-corrected chi connectivity index (χ0v) is 14.1. The summed E-state index contributed by atoms with van der Waals surface area (Å²) in [6.07, 6.45) is 3.02. The Hall–Kier alpha value is -2.55. The van der Waals surface area contributed by atoms with Crippen LogP contribution in [0.15, 0.2) is 29.8 Å². The maximum Gasteiger partial charge on any atom is 0.414 e. The minimum atomic E-state index is -0.413. The molecule has 0 bridgehead atoms. The molecule has 1 amide bonds. The number of ether oxygens (including phenoxy) is 1. The van der Waals surface area contributed by atoms with E-state index in [-0.39, 0.29) is 11.9 Å². The maximum absolute atomic E-state index is 14.7. The Kier molecular flexibility index (Phi) is 3.87. The first kappa shape index (κ1) is 15.9. The van der Waals surface area contributed by atoms with Crippen LogP contribution in [-0.2, 0) is 4.74 Å². The number of allylic oxidation sites excluding steroid dienone is 1. The molecule has 0 saturated carbocycles. The van der Waals surface area contributed by atoms with Crippen LogP contribution in [0.4, 0.5) is 20.6 Å². The molecule has 2 unspecified atom stereocenters. The van der Waals surface area contributed by atoms with Gasteiger partial charge in [0, 0.05) is 24.6 Å². The van der Waals surface area contributed by atoms with Crippen molar-refractivity contribution >= 4 is 17.5 Å². The molecule has 5 nitrogen and oxygen atoms in total. The lowest BCUT2D eigenvalue weighted by Crippen LogP contribution is -2.25. The molecule has 2 heterocycles. The van der Waals surface area contributed by atoms with Crippen molar-refractivity contribution in [3.63, 3.8) is 0 Å². The second-order valence-electron chi connectivity index (χ2n) is 7.00. The molecule has 1 aromatic carbocycles. The highest BCUT2D eigenvalue weighted by Crippen LogP contribution is 2.39. The van der Waals surface area contributed by atoms with Gasteiger partial charge in [-0.15, -0.1) is 0 Å². The van der Waals surface area contributed by atoms with Crippen molar-refractivity contribution in [1.82, 2.24) is 0 Å². The van der Waals surface area contributed by atoms with E-state index in [0.717, 1.165) is 31.5 Å². The van der Waals surface area contributed by atoms with Gasteiger partial charge in [0.1, 0.15) is 11.9 Å². The lowest BCUT2D eigenvalue weighted by molar-refractivity contribution is 0.139. The molecule has 2 aliphatic heterocycles. The Bertz CT molecular complexity index is 785. The number of benzene rings is 1. The third kappa shape index (κ3) is 2.74. The van der Waals surface area contributed by atoms with Crippen molar-refractivity contribution in [2.75, 3.05) is 29.4 Å². The SMILES string of the molecule is CC[C@H]1CN(c2ccc(N3CC4C=C(C#N)CC4C3)c(F)c2)C(=O)O1. The summed E-state index contributed by atoms with van der Waals surface area (Å²) < 4.78 is 19.9. The third-order valence-corrected chi connectivity index (χ3v) is 5.45. The van der Waals surface area contributed by atoms with Crippen molar-refractivity contribution in [2.24, 2.45) is 11.8 Å². The lowest BCUT2D eigenvalue weighted by Gasteiger charge is -2.21. The average Bonchev–Trinajstić information content (AvgIpc) is 3.26. The third-order valence-electron chi connectivity index (χ3n) is 5.45. The molecular weight excluding hydrogens is 321 g/mol. The molecule has 0 spiro atoms. The molecule has 6 heteroatoms. The minimum absolute atomic E-state index is 0.130. The summed E-state index contributed by atoms with van der Waals surface area (Å²) >= 11 is 0. The van der Waals surface area contributed by atoms with Crippen molar-refractivity contribution in [3.05, 3.63) is 35.7 Å². The van der Waals surface area contributed by atoms with Crippen LogP contribution in [-0.4, -0.2) is 31.8 Å². The Morgan fingerprint density at radius 3 is 2.84 bits per heavy atom. The molecule has 3 atom stereocenters. The van der Waals surface area contributed by atoms with E-state index < -0.39 is 6.09 Å². The van der Waals surface area contributed by atoms with E-state index in [1.807, 2.05) is 17.9 Å². The number of amides is 1. The summed E-state index contributed by atoms with van der Waals surface area (Å²) in [4.78, 5) is 15.5. The van der Waals surface area contributed by atoms with E-state index in [0.29, 0.717) is 29.8 Å². The van der Waals surface area contributed by atoms with Crippen molar-refractivity contribution < 1.29 is 13.9 Å². The number of rotatable bonds is 3.